The summed E-state index contributed by atoms with van der Waals surface area (Å²) in [6, 6.07) is 20.0. The molecule has 224 valence electrons. The predicted octanol–water partition coefficient (Wildman–Crippen LogP) is 12.7. The molecule has 1 aliphatic carbocycles. The third-order valence-corrected chi connectivity index (χ3v) is 5.96. The molecule has 3 rings (SSSR count). The molecule has 1 N–H and O–H groups in total. The van der Waals surface area contributed by atoms with Crippen LogP contribution in [-0.2, 0) is 13.0 Å². The first-order valence-electron chi connectivity index (χ1n) is 16.3. The number of aliphatic hydroxyl groups is 1. The topological polar surface area (TPSA) is 20.2 Å². The maximum absolute atomic E-state index is 8.54. The lowest BCUT2D eigenvalue weighted by Crippen LogP contribution is -2.20. The molecule has 1 aliphatic rings. The average Bonchev–Trinajstić information content (AvgIpc) is 3.00. The van der Waals surface area contributed by atoms with Gasteiger partial charge in [0.05, 0.1) is 6.61 Å². The average molecular weight is 531 g/mol. The Hall–Kier alpha value is -1.60. The van der Waals surface area contributed by atoms with Crippen LogP contribution < -0.4 is 0 Å². The number of unbranched alkanes of at least 4 members (excludes halogenated alkanes) is 5. The summed E-state index contributed by atoms with van der Waals surface area (Å²) in [4.78, 5) is 0. The maximum atomic E-state index is 8.54. The van der Waals surface area contributed by atoms with E-state index in [1.54, 1.807) is 0 Å². The molecule has 38 heavy (non-hydrogen) atoms. The fraction of sp³-hybridized carbons (Fsp3) is 0.676. The van der Waals surface area contributed by atoms with E-state index in [1.807, 2.05) is 77.9 Å². The predicted molar refractivity (Wildman–Crippen MR) is 178 cm³/mol. The minimum absolute atomic E-state index is 0.140. The number of hydrogen-bond acceptors (Lipinski definition) is 1. The number of benzene rings is 2. The Morgan fingerprint density at radius 3 is 1.29 bits per heavy atom. The molecule has 0 bridgehead atoms. The van der Waals surface area contributed by atoms with Gasteiger partial charge >= 0.3 is 0 Å². The highest BCUT2D eigenvalue weighted by Crippen LogP contribution is 2.36. The van der Waals surface area contributed by atoms with Crippen molar-refractivity contribution in [2.45, 2.75) is 153 Å². The van der Waals surface area contributed by atoms with Gasteiger partial charge in [-0.15, -0.1) is 0 Å². The summed E-state index contributed by atoms with van der Waals surface area (Å²) >= 11 is 0. The lowest BCUT2D eigenvalue weighted by molar-refractivity contribution is 0.195. The summed E-state index contributed by atoms with van der Waals surface area (Å²) in [6.45, 7) is 23.3. The highest BCUT2D eigenvalue weighted by Gasteiger charge is 2.24. The quantitative estimate of drug-likeness (QED) is 0.320. The second kappa shape index (κ2) is 39.9. The van der Waals surface area contributed by atoms with Gasteiger partial charge in [-0.25, -0.2) is 0 Å². The van der Waals surface area contributed by atoms with E-state index in [1.165, 1.54) is 69.8 Å². The fourth-order valence-corrected chi connectivity index (χ4v) is 3.64. The molecule has 2 aromatic rings. The van der Waals surface area contributed by atoms with E-state index in [9.17, 15) is 0 Å². The van der Waals surface area contributed by atoms with Crippen LogP contribution in [0.4, 0.5) is 0 Å². The number of aryl methyl sites for hydroxylation is 1. The van der Waals surface area contributed by atoms with Crippen molar-refractivity contribution in [2.24, 2.45) is 11.8 Å². The van der Waals surface area contributed by atoms with Gasteiger partial charge < -0.3 is 5.11 Å². The van der Waals surface area contributed by atoms with Gasteiger partial charge in [-0.3, -0.25) is 0 Å². The molecule has 0 saturated heterocycles. The van der Waals surface area contributed by atoms with Gasteiger partial charge in [-0.1, -0.05) is 188 Å². The third kappa shape index (κ3) is 32.4. The van der Waals surface area contributed by atoms with Crippen LogP contribution in [0.2, 0.25) is 0 Å². The van der Waals surface area contributed by atoms with Crippen LogP contribution in [0.15, 0.2) is 60.7 Å². The first-order chi connectivity index (χ1) is 18.6. The molecule has 1 heteroatoms. The highest BCUT2D eigenvalue weighted by atomic mass is 16.3. The Bertz CT molecular complexity index is 545. The lowest BCUT2D eigenvalue weighted by Gasteiger charge is -2.32. The smallest absolute Gasteiger partial charge is 0.0681 e. The number of aliphatic hydroxyl groups excluding tert-OH is 1. The SMILES string of the molecule is CC.CC.CC.CCCC.CCCCCCCC1CC(C)C1.CCc1ccccc1.OCc1ccccc1. The van der Waals surface area contributed by atoms with E-state index >= 15 is 0 Å². The summed E-state index contributed by atoms with van der Waals surface area (Å²) in [6.07, 6.45) is 15.6. The van der Waals surface area contributed by atoms with Gasteiger partial charge in [0.1, 0.15) is 0 Å². The van der Waals surface area contributed by atoms with Crippen LogP contribution >= 0.6 is 0 Å². The molecule has 1 nitrogen and oxygen atoms in total. The van der Waals surface area contributed by atoms with Crippen molar-refractivity contribution in [1.82, 2.24) is 0 Å². The zero-order valence-electron chi connectivity index (χ0n) is 27.9. The van der Waals surface area contributed by atoms with Gasteiger partial charge in [0, 0.05) is 0 Å². The Kier molecular flexibility index (Phi) is 45.6. The third-order valence-electron chi connectivity index (χ3n) is 5.96. The van der Waals surface area contributed by atoms with E-state index in [-0.39, 0.29) is 6.61 Å². The van der Waals surface area contributed by atoms with Crippen molar-refractivity contribution in [3.05, 3.63) is 71.8 Å². The van der Waals surface area contributed by atoms with E-state index in [2.05, 4.69) is 58.9 Å². The van der Waals surface area contributed by atoms with Crippen LogP contribution in [0.25, 0.3) is 0 Å². The molecule has 0 unspecified atom stereocenters. The van der Waals surface area contributed by atoms with Crippen molar-refractivity contribution in [2.75, 3.05) is 0 Å². The standard InChI is InChI=1S/C12H24.C8H10.C7H8O.C4H10.3C2H6/c1-3-4-5-6-7-8-12-9-11(2)10-12;1-2-8-6-4-3-5-7-8;8-6-7-4-2-1-3-5-7;1-3-4-2;3*1-2/h11-12H,3-10H2,1-2H3;3-7H,2H2,1H3;1-5,8H,6H2;3-4H2,1-2H3;3*1-2H3. The number of rotatable bonds is 9. The molecular weight excluding hydrogens is 460 g/mol. The first kappa shape index (κ1) is 43.5. The summed E-state index contributed by atoms with van der Waals surface area (Å²) in [5, 5.41) is 8.54. The van der Waals surface area contributed by atoms with Crippen LogP contribution in [0, 0.1) is 11.8 Å². The Balaban J connectivity index is -0.000000198. The zero-order chi connectivity index (χ0) is 29.9. The van der Waals surface area contributed by atoms with Crippen molar-refractivity contribution < 1.29 is 5.11 Å². The summed E-state index contributed by atoms with van der Waals surface area (Å²) in [5.41, 5.74) is 2.38. The highest BCUT2D eigenvalue weighted by molar-refractivity contribution is 5.14. The van der Waals surface area contributed by atoms with E-state index in [0.29, 0.717) is 0 Å². The summed E-state index contributed by atoms with van der Waals surface area (Å²) < 4.78 is 0. The molecule has 0 radical (unpaired) electrons. The minimum atomic E-state index is 0.140. The zero-order valence-corrected chi connectivity index (χ0v) is 27.9. The molecule has 1 fully saturated rings. The summed E-state index contributed by atoms with van der Waals surface area (Å²) in [7, 11) is 0. The monoisotopic (exact) mass is 531 g/mol. The van der Waals surface area contributed by atoms with Gasteiger partial charge in [0.2, 0.25) is 0 Å². The van der Waals surface area contributed by atoms with Crippen molar-refractivity contribution in [3.8, 4) is 0 Å². The largest absolute Gasteiger partial charge is 0.392 e. The van der Waals surface area contributed by atoms with Crippen molar-refractivity contribution in [1.29, 1.82) is 0 Å². The molecule has 0 atom stereocenters. The first-order valence-corrected chi connectivity index (χ1v) is 16.3. The van der Waals surface area contributed by atoms with Crippen LogP contribution in [0.5, 0.6) is 0 Å². The van der Waals surface area contributed by atoms with Crippen molar-refractivity contribution in [3.63, 3.8) is 0 Å². The second-order valence-corrected chi connectivity index (χ2v) is 9.13. The fourth-order valence-electron chi connectivity index (χ4n) is 3.64. The molecule has 0 spiro atoms. The van der Waals surface area contributed by atoms with Gasteiger partial charge in [0.25, 0.3) is 0 Å². The molecule has 0 aliphatic heterocycles. The van der Waals surface area contributed by atoms with Crippen LogP contribution in [0.1, 0.15) is 151 Å². The molecule has 0 amide bonds. The van der Waals surface area contributed by atoms with Crippen LogP contribution in [-0.4, -0.2) is 5.11 Å². The van der Waals surface area contributed by atoms with Crippen LogP contribution in [0.3, 0.4) is 0 Å². The maximum Gasteiger partial charge on any atom is 0.0681 e. The Morgan fingerprint density at radius 1 is 0.579 bits per heavy atom. The second-order valence-electron chi connectivity index (χ2n) is 9.13. The van der Waals surface area contributed by atoms with E-state index < -0.39 is 0 Å². The van der Waals surface area contributed by atoms with E-state index in [0.717, 1.165) is 23.8 Å². The molecule has 2 aromatic carbocycles. The van der Waals surface area contributed by atoms with Crippen molar-refractivity contribution >= 4 is 0 Å². The lowest BCUT2D eigenvalue weighted by atomic mass is 9.74. The van der Waals surface area contributed by atoms with Gasteiger partial charge in [0.15, 0.2) is 0 Å². The molecule has 0 aromatic heterocycles. The Morgan fingerprint density at radius 2 is 1.00 bits per heavy atom. The summed E-state index contributed by atoms with van der Waals surface area (Å²) in [5.74, 6) is 2.16. The normalized spacial score (nSPS) is 14.1. The number of hydrogen-bond donors (Lipinski definition) is 1. The van der Waals surface area contributed by atoms with Gasteiger partial charge in [-0.05, 0) is 42.2 Å². The Labute approximate surface area is 241 Å². The van der Waals surface area contributed by atoms with E-state index in [4.69, 9.17) is 5.11 Å². The van der Waals surface area contributed by atoms with Gasteiger partial charge in [-0.2, -0.15) is 0 Å². The minimum Gasteiger partial charge on any atom is -0.392 e. The molecule has 0 heterocycles. The molecule has 1 saturated carbocycles. The molecular formula is C37H70O.